The summed E-state index contributed by atoms with van der Waals surface area (Å²) in [6, 6.07) is 5.98. The average molecular weight is 287 g/mol. The molecular weight excluding hydrogens is 266 g/mol. The lowest BCUT2D eigenvalue weighted by Crippen LogP contribution is -2.34. The third-order valence-electron chi connectivity index (χ3n) is 4.31. The number of amides is 2. The number of benzene rings is 1. The number of hydrogen-bond donors (Lipinski definition) is 3. The van der Waals surface area contributed by atoms with Crippen LogP contribution in [0.15, 0.2) is 18.2 Å². The summed E-state index contributed by atoms with van der Waals surface area (Å²) >= 11 is 0. The molecule has 0 spiro atoms. The summed E-state index contributed by atoms with van der Waals surface area (Å²) in [5.74, 6) is 0.285. The van der Waals surface area contributed by atoms with Crippen LogP contribution in [0.2, 0.25) is 0 Å². The summed E-state index contributed by atoms with van der Waals surface area (Å²) < 4.78 is 0. The Morgan fingerprint density at radius 3 is 3.00 bits per heavy atom. The van der Waals surface area contributed by atoms with E-state index in [1.165, 1.54) is 0 Å². The van der Waals surface area contributed by atoms with E-state index in [2.05, 4.69) is 22.0 Å². The second kappa shape index (κ2) is 5.85. The molecule has 5 heteroatoms. The van der Waals surface area contributed by atoms with Crippen molar-refractivity contribution in [1.82, 2.24) is 10.6 Å². The van der Waals surface area contributed by atoms with E-state index in [1.807, 2.05) is 19.1 Å². The number of nitrogens with one attached hydrogen (secondary N) is 3. The second-order valence-electron chi connectivity index (χ2n) is 5.88. The highest BCUT2D eigenvalue weighted by molar-refractivity contribution is 5.93. The highest BCUT2D eigenvalue weighted by Gasteiger charge is 2.24. The van der Waals surface area contributed by atoms with Crippen molar-refractivity contribution in [3.8, 4) is 0 Å². The topological polar surface area (TPSA) is 70.2 Å². The number of hydrogen-bond acceptors (Lipinski definition) is 3. The third kappa shape index (κ3) is 3.08. The van der Waals surface area contributed by atoms with Crippen molar-refractivity contribution in [2.75, 3.05) is 18.4 Å². The van der Waals surface area contributed by atoms with Crippen molar-refractivity contribution in [1.29, 1.82) is 0 Å². The van der Waals surface area contributed by atoms with E-state index >= 15 is 0 Å². The molecule has 0 radical (unpaired) electrons. The molecule has 1 aromatic rings. The van der Waals surface area contributed by atoms with Gasteiger partial charge >= 0.3 is 0 Å². The smallest absolute Gasteiger partial charge is 0.224 e. The number of rotatable bonds is 3. The lowest BCUT2D eigenvalue weighted by molar-refractivity contribution is -0.125. The first-order valence-electron chi connectivity index (χ1n) is 7.57. The van der Waals surface area contributed by atoms with Crippen LogP contribution in [-0.4, -0.2) is 24.9 Å². The Kier molecular flexibility index (Phi) is 3.92. The number of aryl methyl sites for hydroxylation is 1. The van der Waals surface area contributed by atoms with Crippen LogP contribution in [-0.2, 0) is 16.0 Å². The van der Waals surface area contributed by atoms with Crippen LogP contribution in [0.5, 0.6) is 0 Å². The molecule has 2 unspecified atom stereocenters. The minimum Gasteiger partial charge on any atom is -0.349 e. The second-order valence-corrected chi connectivity index (χ2v) is 5.88. The molecule has 2 aliphatic rings. The fourth-order valence-corrected chi connectivity index (χ4v) is 2.97. The summed E-state index contributed by atoms with van der Waals surface area (Å²) in [6.45, 7) is 3.70. The molecular formula is C16H21N3O2. The number of carbonyl (C=O) groups is 2. The number of carbonyl (C=O) groups excluding carboxylic acids is 2. The molecule has 3 rings (SSSR count). The first-order valence-corrected chi connectivity index (χ1v) is 7.57. The van der Waals surface area contributed by atoms with Gasteiger partial charge in [-0.1, -0.05) is 12.1 Å². The van der Waals surface area contributed by atoms with E-state index in [0.29, 0.717) is 6.42 Å². The zero-order valence-corrected chi connectivity index (χ0v) is 12.2. The van der Waals surface area contributed by atoms with E-state index in [1.54, 1.807) is 0 Å². The normalized spacial score (nSPS) is 22.3. The zero-order valence-electron chi connectivity index (χ0n) is 12.2. The minimum atomic E-state index is -0.0129. The highest BCUT2D eigenvalue weighted by Crippen LogP contribution is 2.26. The molecule has 0 aromatic heterocycles. The van der Waals surface area contributed by atoms with E-state index < -0.39 is 0 Å². The molecule has 1 fully saturated rings. The van der Waals surface area contributed by atoms with Gasteiger partial charge in [-0.2, -0.15) is 0 Å². The van der Waals surface area contributed by atoms with Crippen LogP contribution in [0.4, 0.5) is 5.69 Å². The van der Waals surface area contributed by atoms with Gasteiger partial charge in [-0.15, -0.1) is 0 Å². The molecule has 2 amide bonds. The largest absolute Gasteiger partial charge is 0.349 e. The fraction of sp³-hybridized carbons (Fsp3) is 0.500. The predicted molar refractivity (Wildman–Crippen MR) is 80.9 cm³/mol. The first kappa shape index (κ1) is 14.1. The number of fused-ring (bicyclic) bond motifs is 1. The molecule has 0 saturated carbocycles. The summed E-state index contributed by atoms with van der Waals surface area (Å²) in [4.78, 5) is 23.5. The van der Waals surface area contributed by atoms with Crippen LogP contribution >= 0.6 is 0 Å². The summed E-state index contributed by atoms with van der Waals surface area (Å²) in [7, 11) is 0. The molecule has 2 heterocycles. The molecule has 2 aliphatic heterocycles. The zero-order chi connectivity index (χ0) is 14.8. The molecule has 0 bridgehead atoms. The molecule has 1 aromatic carbocycles. The number of anilines is 1. The van der Waals surface area contributed by atoms with Crippen molar-refractivity contribution < 1.29 is 9.59 Å². The van der Waals surface area contributed by atoms with Gasteiger partial charge in [0, 0.05) is 18.7 Å². The van der Waals surface area contributed by atoms with Crippen LogP contribution in [0, 0.1) is 5.92 Å². The van der Waals surface area contributed by atoms with Gasteiger partial charge < -0.3 is 16.0 Å². The van der Waals surface area contributed by atoms with Crippen LogP contribution in [0.1, 0.15) is 36.9 Å². The van der Waals surface area contributed by atoms with Crippen molar-refractivity contribution in [2.45, 2.75) is 32.2 Å². The standard InChI is InChI=1S/C16H21N3O2/c1-10(18-16(21)13-6-7-17-9-13)11-2-4-14-12(8-11)3-5-15(20)19-14/h2,4,8,10,13,17H,3,5-7,9H2,1H3,(H,18,21)(H,19,20). The Morgan fingerprint density at radius 1 is 1.38 bits per heavy atom. The van der Waals surface area contributed by atoms with E-state index in [0.717, 1.165) is 42.7 Å². The maximum Gasteiger partial charge on any atom is 0.224 e. The minimum absolute atomic E-state index is 0.0129. The molecule has 112 valence electrons. The van der Waals surface area contributed by atoms with Crippen molar-refractivity contribution >= 4 is 17.5 Å². The Balaban J connectivity index is 1.68. The van der Waals surface area contributed by atoms with E-state index in [4.69, 9.17) is 0 Å². The lowest BCUT2D eigenvalue weighted by atomic mass is 9.97. The van der Waals surface area contributed by atoms with Crippen molar-refractivity contribution in [3.05, 3.63) is 29.3 Å². The van der Waals surface area contributed by atoms with Gasteiger partial charge in [-0.05, 0) is 43.5 Å². The Hall–Kier alpha value is -1.88. The monoisotopic (exact) mass is 287 g/mol. The quantitative estimate of drug-likeness (QED) is 0.786. The van der Waals surface area contributed by atoms with E-state index in [-0.39, 0.29) is 23.8 Å². The van der Waals surface area contributed by atoms with Crippen LogP contribution in [0.3, 0.4) is 0 Å². The van der Waals surface area contributed by atoms with Gasteiger partial charge in [0.05, 0.1) is 12.0 Å². The van der Waals surface area contributed by atoms with Gasteiger partial charge in [0.1, 0.15) is 0 Å². The average Bonchev–Trinajstić information content (AvgIpc) is 3.01. The molecule has 5 nitrogen and oxygen atoms in total. The van der Waals surface area contributed by atoms with Gasteiger partial charge in [-0.3, -0.25) is 9.59 Å². The highest BCUT2D eigenvalue weighted by atomic mass is 16.2. The Labute approximate surface area is 124 Å². The SMILES string of the molecule is CC(NC(=O)C1CCNC1)c1ccc2c(c1)CCC(=O)N2. The molecule has 3 N–H and O–H groups in total. The van der Waals surface area contributed by atoms with Crippen molar-refractivity contribution in [3.63, 3.8) is 0 Å². The van der Waals surface area contributed by atoms with Gasteiger partial charge in [0.15, 0.2) is 0 Å². The predicted octanol–water partition coefficient (Wildman–Crippen LogP) is 1.36. The first-order chi connectivity index (χ1) is 10.1. The van der Waals surface area contributed by atoms with Crippen molar-refractivity contribution in [2.24, 2.45) is 5.92 Å². The fourth-order valence-electron chi connectivity index (χ4n) is 2.97. The Morgan fingerprint density at radius 2 is 2.24 bits per heavy atom. The molecule has 1 saturated heterocycles. The van der Waals surface area contributed by atoms with Gasteiger partial charge in [0.25, 0.3) is 0 Å². The van der Waals surface area contributed by atoms with Gasteiger partial charge in [0.2, 0.25) is 11.8 Å². The molecule has 2 atom stereocenters. The summed E-state index contributed by atoms with van der Waals surface area (Å²) in [5, 5.41) is 9.17. The molecule has 21 heavy (non-hydrogen) atoms. The maximum absolute atomic E-state index is 12.2. The van der Waals surface area contributed by atoms with E-state index in [9.17, 15) is 9.59 Å². The molecule has 0 aliphatic carbocycles. The summed E-state index contributed by atoms with van der Waals surface area (Å²) in [5.41, 5.74) is 3.13. The van der Waals surface area contributed by atoms with Gasteiger partial charge in [-0.25, -0.2) is 0 Å². The lowest BCUT2D eigenvalue weighted by Gasteiger charge is -2.21. The third-order valence-corrected chi connectivity index (χ3v) is 4.31. The summed E-state index contributed by atoms with van der Waals surface area (Å²) in [6.07, 6.45) is 2.21. The van der Waals surface area contributed by atoms with Crippen LogP contribution < -0.4 is 16.0 Å². The Bertz CT molecular complexity index is 565. The maximum atomic E-state index is 12.2. The van der Waals surface area contributed by atoms with Crippen LogP contribution in [0.25, 0.3) is 0 Å².